The van der Waals surface area contributed by atoms with Crippen molar-refractivity contribution in [1.82, 2.24) is 4.98 Å². The molecule has 0 aliphatic carbocycles. The average molecular weight is 375 g/mol. The summed E-state index contributed by atoms with van der Waals surface area (Å²) in [7, 11) is 0. The Balaban J connectivity index is 2.05. The van der Waals surface area contributed by atoms with Crippen molar-refractivity contribution in [2.75, 3.05) is 11.9 Å². The Kier molecular flexibility index (Phi) is 6.75. The minimum atomic E-state index is -0.517. The van der Waals surface area contributed by atoms with Crippen LogP contribution < -0.4 is 5.32 Å². The first kappa shape index (κ1) is 19.9. The molecule has 2 aromatic rings. The Morgan fingerprint density at radius 3 is 2.50 bits per heavy atom. The first-order valence-electron chi connectivity index (χ1n) is 8.51. The van der Waals surface area contributed by atoms with Crippen molar-refractivity contribution in [3.8, 4) is 0 Å². The molecule has 26 heavy (non-hydrogen) atoms. The Morgan fingerprint density at radius 2 is 1.88 bits per heavy atom. The van der Waals surface area contributed by atoms with Crippen LogP contribution in [0, 0.1) is 0 Å². The van der Waals surface area contributed by atoms with E-state index in [9.17, 15) is 9.59 Å². The fourth-order valence-electron chi connectivity index (χ4n) is 2.48. The predicted octanol–water partition coefficient (Wildman–Crippen LogP) is 4.78. The van der Waals surface area contributed by atoms with Crippen molar-refractivity contribution >= 4 is 29.2 Å². The van der Waals surface area contributed by atoms with E-state index in [2.05, 4.69) is 24.1 Å². The fraction of sp³-hybridized carbons (Fsp3) is 0.350. The number of ether oxygens (including phenoxy) is 1. The van der Waals surface area contributed by atoms with Crippen LogP contribution in [-0.4, -0.2) is 23.5 Å². The molecule has 0 saturated heterocycles. The zero-order chi connectivity index (χ0) is 19.3. The van der Waals surface area contributed by atoms with Crippen LogP contribution in [0.4, 0.5) is 5.69 Å². The number of carbonyl (C=O) groups excluding carboxylic acids is 2. The lowest BCUT2D eigenvalue weighted by Gasteiger charge is -2.15. The largest absolute Gasteiger partial charge is 0.452 e. The second kappa shape index (κ2) is 8.81. The van der Waals surface area contributed by atoms with Crippen molar-refractivity contribution < 1.29 is 14.3 Å². The van der Waals surface area contributed by atoms with Crippen LogP contribution in [-0.2, 0) is 9.53 Å². The van der Waals surface area contributed by atoms with Gasteiger partial charge in [-0.2, -0.15) is 0 Å². The zero-order valence-electron chi connectivity index (χ0n) is 15.4. The summed E-state index contributed by atoms with van der Waals surface area (Å²) < 4.78 is 5.18. The van der Waals surface area contributed by atoms with E-state index in [1.807, 2.05) is 26.0 Å². The highest BCUT2D eigenvalue weighted by Crippen LogP contribution is 2.25. The van der Waals surface area contributed by atoms with Crippen LogP contribution in [0.5, 0.6) is 0 Å². The molecular weight excluding hydrogens is 352 g/mol. The Hall–Kier alpha value is -2.40. The van der Waals surface area contributed by atoms with Gasteiger partial charge in [-0.25, -0.2) is 9.78 Å². The number of amides is 1. The summed E-state index contributed by atoms with van der Waals surface area (Å²) in [5.74, 6) is -0.457. The molecule has 0 spiro atoms. The zero-order valence-corrected chi connectivity index (χ0v) is 16.1. The number of nitrogens with zero attached hydrogens (tertiary/aromatic N) is 1. The highest BCUT2D eigenvalue weighted by Gasteiger charge is 2.18. The molecule has 0 fully saturated rings. The van der Waals surface area contributed by atoms with E-state index in [0.717, 1.165) is 11.1 Å². The molecule has 5 nitrogen and oxygen atoms in total. The van der Waals surface area contributed by atoms with E-state index in [1.54, 1.807) is 18.2 Å². The van der Waals surface area contributed by atoms with Crippen LogP contribution in [0.25, 0.3) is 0 Å². The van der Waals surface area contributed by atoms with Gasteiger partial charge in [0.1, 0.15) is 0 Å². The minimum Gasteiger partial charge on any atom is -0.452 e. The number of esters is 1. The molecular formula is C20H23ClN2O3. The third-order valence-corrected chi connectivity index (χ3v) is 4.25. The molecule has 0 aliphatic rings. The number of aromatic nitrogens is 1. The van der Waals surface area contributed by atoms with Gasteiger partial charge in [-0.05, 0) is 41.2 Å². The molecule has 0 unspecified atom stereocenters. The van der Waals surface area contributed by atoms with Crippen molar-refractivity contribution in [2.45, 2.75) is 39.5 Å². The van der Waals surface area contributed by atoms with E-state index in [-0.39, 0.29) is 11.1 Å². The summed E-state index contributed by atoms with van der Waals surface area (Å²) in [6, 6.07) is 8.99. The second-order valence-electron chi connectivity index (χ2n) is 6.62. The number of hydrogen-bond acceptors (Lipinski definition) is 4. The maximum absolute atomic E-state index is 12.4. The lowest BCUT2D eigenvalue weighted by atomic mass is 9.91. The van der Waals surface area contributed by atoms with Gasteiger partial charge in [0.05, 0.1) is 11.3 Å². The summed E-state index contributed by atoms with van der Waals surface area (Å²) in [4.78, 5) is 28.3. The lowest BCUT2D eigenvalue weighted by molar-refractivity contribution is -0.119. The third-order valence-electron chi connectivity index (χ3n) is 3.95. The maximum Gasteiger partial charge on any atom is 0.338 e. The van der Waals surface area contributed by atoms with Gasteiger partial charge in [-0.15, -0.1) is 0 Å². The van der Waals surface area contributed by atoms with Crippen molar-refractivity contribution in [3.63, 3.8) is 0 Å². The minimum absolute atomic E-state index is 0.166. The van der Waals surface area contributed by atoms with Gasteiger partial charge in [-0.3, -0.25) is 4.79 Å². The van der Waals surface area contributed by atoms with Crippen LogP contribution in [0.1, 0.15) is 61.0 Å². The number of anilines is 1. The Labute approximate surface area is 158 Å². The van der Waals surface area contributed by atoms with Crippen molar-refractivity contribution in [2.24, 2.45) is 0 Å². The van der Waals surface area contributed by atoms with Gasteiger partial charge in [0.15, 0.2) is 11.8 Å². The molecule has 0 aliphatic heterocycles. The molecule has 1 heterocycles. The SMILES string of the molecule is CC(C)c1ccc(C(=O)OCC(=O)Nc2cccnc2Cl)c(C(C)C)c1. The molecule has 0 radical (unpaired) electrons. The molecule has 138 valence electrons. The smallest absolute Gasteiger partial charge is 0.338 e. The highest BCUT2D eigenvalue weighted by atomic mass is 35.5. The number of nitrogens with one attached hydrogen (secondary N) is 1. The molecule has 6 heteroatoms. The van der Waals surface area contributed by atoms with E-state index >= 15 is 0 Å². The summed E-state index contributed by atoms with van der Waals surface area (Å²) >= 11 is 5.89. The van der Waals surface area contributed by atoms with Gasteiger partial charge in [0.25, 0.3) is 5.91 Å². The number of benzene rings is 1. The van der Waals surface area contributed by atoms with Gasteiger partial charge in [0.2, 0.25) is 0 Å². The van der Waals surface area contributed by atoms with Gasteiger partial charge in [0, 0.05) is 6.20 Å². The summed E-state index contributed by atoms with van der Waals surface area (Å²) in [5.41, 5.74) is 2.93. The van der Waals surface area contributed by atoms with Crippen LogP contribution in [0.15, 0.2) is 36.5 Å². The fourth-order valence-corrected chi connectivity index (χ4v) is 2.64. The van der Waals surface area contributed by atoms with Gasteiger partial charge < -0.3 is 10.1 Å². The number of hydrogen-bond donors (Lipinski definition) is 1. The quantitative estimate of drug-likeness (QED) is 0.583. The standard InChI is InChI=1S/C20H23ClN2O3/c1-12(2)14-7-8-15(16(10-14)13(3)4)20(25)26-11-18(24)23-17-6-5-9-22-19(17)21/h5-10,12-13H,11H2,1-4H3,(H,23,24). The number of halogens is 1. The normalized spacial score (nSPS) is 10.9. The lowest BCUT2D eigenvalue weighted by Crippen LogP contribution is -2.22. The van der Waals surface area contributed by atoms with Crippen molar-refractivity contribution in [3.05, 3.63) is 58.4 Å². The van der Waals surface area contributed by atoms with E-state index in [0.29, 0.717) is 17.2 Å². The Morgan fingerprint density at radius 1 is 1.15 bits per heavy atom. The number of pyridine rings is 1. The monoisotopic (exact) mass is 374 g/mol. The molecule has 0 saturated carbocycles. The topological polar surface area (TPSA) is 68.3 Å². The van der Waals surface area contributed by atoms with Crippen LogP contribution in [0.3, 0.4) is 0 Å². The van der Waals surface area contributed by atoms with E-state index in [4.69, 9.17) is 16.3 Å². The molecule has 1 N–H and O–H groups in total. The summed E-state index contributed by atoms with van der Waals surface area (Å²) in [6.07, 6.45) is 1.52. The first-order valence-corrected chi connectivity index (χ1v) is 8.88. The predicted molar refractivity (Wildman–Crippen MR) is 103 cm³/mol. The first-order chi connectivity index (χ1) is 12.3. The Bertz CT molecular complexity index is 803. The summed E-state index contributed by atoms with van der Waals surface area (Å²) in [5, 5.41) is 2.75. The second-order valence-corrected chi connectivity index (χ2v) is 6.98. The number of rotatable bonds is 6. The third kappa shape index (κ3) is 5.05. The van der Waals surface area contributed by atoms with Crippen LogP contribution in [0.2, 0.25) is 5.15 Å². The highest BCUT2D eigenvalue weighted by molar-refractivity contribution is 6.32. The van der Waals surface area contributed by atoms with E-state index in [1.165, 1.54) is 6.20 Å². The number of carbonyl (C=O) groups is 2. The summed E-state index contributed by atoms with van der Waals surface area (Å²) in [6.45, 7) is 7.85. The van der Waals surface area contributed by atoms with E-state index < -0.39 is 18.5 Å². The molecule has 0 atom stereocenters. The van der Waals surface area contributed by atoms with Gasteiger partial charge >= 0.3 is 5.97 Å². The molecule has 1 aromatic heterocycles. The van der Waals surface area contributed by atoms with Crippen molar-refractivity contribution in [1.29, 1.82) is 0 Å². The molecule has 0 bridgehead atoms. The van der Waals surface area contributed by atoms with Gasteiger partial charge in [-0.1, -0.05) is 51.4 Å². The molecule has 1 amide bonds. The average Bonchev–Trinajstić information content (AvgIpc) is 2.61. The molecule has 2 rings (SSSR count). The van der Waals surface area contributed by atoms with Crippen LogP contribution >= 0.6 is 11.6 Å². The molecule has 1 aromatic carbocycles. The maximum atomic E-state index is 12.4.